The molecule has 0 bridgehead atoms. The Kier molecular flexibility index (Phi) is 7.75. The number of carbonyl (C=O) groups is 1. The maximum Gasteiger partial charge on any atom is 0.260 e. The van der Waals surface area contributed by atoms with Crippen molar-refractivity contribution in [2.24, 2.45) is 5.73 Å². The van der Waals surface area contributed by atoms with Crippen molar-refractivity contribution < 1.29 is 9.53 Å². The fourth-order valence-corrected chi connectivity index (χ4v) is 1.70. The van der Waals surface area contributed by atoms with Crippen LogP contribution in [-0.4, -0.2) is 37.0 Å². The molecule has 0 heterocycles. The minimum absolute atomic E-state index is 0. The van der Waals surface area contributed by atoms with Crippen molar-refractivity contribution >= 4 is 18.3 Å². The molecule has 120 valence electrons. The van der Waals surface area contributed by atoms with Crippen molar-refractivity contribution in [3.63, 3.8) is 0 Å². The van der Waals surface area contributed by atoms with E-state index < -0.39 is 0 Å². The highest BCUT2D eigenvalue weighted by atomic mass is 35.5. The number of carbonyl (C=O) groups excluding carboxylic acids is 1. The number of rotatable bonds is 5. The number of halogens is 1. The van der Waals surface area contributed by atoms with Gasteiger partial charge in [-0.15, -0.1) is 12.4 Å². The Bertz CT molecular complexity index is 441. The molecule has 1 atom stereocenters. The van der Waals surface area contributed by atoms with Crippen LogP contribution < -0.4 is 10.5 Å². The molecule has 0 radical (unpaired) electrons. The lowest BCUT2D eigenvalue weighted by Gasteiger charge is -2.23. The molecule has 0 aromatic heterocycles. The zero-order chi connectivity index (χ0) is 15.3. The van der Waals surface area contributed by atoms with E-state index >= 15 is 0 Å². The molecule has 1 aromatic carbocycles. The molecule has 21 heavy (non-hydrogen) atoms. The van der Waals surface area contributed by atoms with E-state index in [9.17, 15) is 4.79 Å². The van der Waals surface area contributed by atoms with Crippen molar-refractivity contribution in [3.05, 3.63) is 29.8 Å². The Hall–Kier alpha value is -1.26. The van der Waals surface area contributed by atoms with Gasteiger partial charge in [0.05, 0.1) is 0 Å². The molecule has 0 saturated carbocycles. The second-order valence-electron chi connectivity index (χ2n) is 6.15. The zero-order valence-electron chi connectivity index (χ0n) is 13.6. The average Bonchev–Trinajstić information content (AvgIpc) is 2.42. The summed E-state index contributed by atoms with van der Waals surface area (Å²) in [6.45, 7) is 8.88. The summed E-state index contributed by atoms with van der Waals surface area (Å²) in [4.78, 5) is 13.5. The highest BCUT2D eigenvalue weighted by Crippen LogP contribution is 2.24. The molecule has 1 unspecified atom stereocenters. The summed E-state index contributed by atoms with van der Waals surface area (Å²) < 4.78 is 5.52. The van der Waals surface area contributed by atoms with E-state index in [1.807, 2.05) is 31.2 Å². The summed E-state index contributed by atoms with van der Waals surface area (Å²) in [7, 11) is 1.74. The molecule has 0 spiro atoms. The first kappa shape index (κ1) is 19.7. The second kappa shape index (κ2) is 8.25. The van der Waals surface area contributed by atoms with Gasteiger partial charge >= 0.3 is 0 Å². The van der Waals surface area contributed by atoms with E-state index in [4.69, 9.17) is 10.5 Å². The molecular weight excluding hydrogens is 288 g/mol. The molecule has 0 fully saturated rings. The van der Waals surface area contributed by atoms with E-state index in [2.05, 4.69) is 20.8 Å². The molecule has 1 aromatic rings. The quantitative estimate of drug-likeness (QED) is 0.909. The summed E-state index contributed by atoms with van der Waals surface area (Å²) in [5, 5.41) is 0. The molecule has 5 heteroatoms. The highest BCUT2D eigenvalue weighted by Gasteiger charge is 2.16. The van der Waals surface area contributed by atoms with Crippen LogP contribution in [0.3, 0.4) is 0 Å². The van der Waals surface area contributed by atoms with Crippen molar-refractivity contribution in [1.29, 1.82) is 0 Å². The Labute approximate surface area is 134 Å². The number of hydrogen-bond donors (Lipinski definition) is 1. The maximum absolute atomic E-state index is 11.9. The number of hydrogen-bond acceptors (Lipinski definition) is 3. The van der Waals surface area contributed by atoms with Crippen LogP contribution in [-0.2, 0) is 10.2 Å². The fraction of sp³-hybridized carbons (Fsp3) is 0.562. The van der Waals surface area contributed by atoms with Gasteiger partial charge < -0.3 is 15.4 Å². The van der Waals surface area contributed by atoms with Crippen LogP contribution >= 0.6 is 12.4 Å². The van der Waals surface area contributed by atoms with Gasteiger partial charge in [0.2, 0.25) is 0 Å². The van der Waals surface area contributed by atoms with Gasteiger partial charge in [0.25, 0.3) is 5.91 Å². The Morgan fingerprint density at radius 2 is 1.81 bits per heavy atom. The minimum atomic E-state index is -0.0668. The van der Waals surface area contributed by atoms with Gasteiger partial charge in [0.1, 0.15) is 5.75 Å². The lowest BCUT2D eigenvalue weighted by Crippen LogP contribution is -2.42. The smallest absolute Gasteiger partial charge is 0.260 e. The monoisotopic (exact) mass is 314 g/mol. The summed E-state index contributed by atoms with van der Waals surface area (Å²) in [5.41, 5.74) is 6.90. The fourth-order valence-electron chi connectivity index (χ4n) is 1.70. The van der Waals surface area contributed by atoms with E-state index in [0.717, 1.165) is 0 Å². The van der Waals surface area contributed by atoms with Crippen LogP contribution in [0, 0.1) is 0 Å². The van der Waals surface area contributed by atoms with Gasteiger partial charge in [-0.25, -0.2) is 0 Å². The number of nitrogens with zero attached hydrogens (tertiary/aromatic N) is 1. The first-order valence-corrected chi connectivity index (χ1v) is 6.94. The Morgan fingerprint density at radius 3 is 2.24 bits per heavy atom. The molecule has 0 saturated heterocycles. The lowest BCUT2D eigenvalue weighted by atomic mass is 9.87. The van der Waals surface area contributed by atoms with Gasteiger partial charge in [0, 0.05) is 19.6 Å². The predicted molar refractivity (Wildman–Crippen MR) is 89.2 cm³/mol. The third kappa shape index (κ3) is 5.94. The van der Waals surface area contributed by atoms with Crippen molar-refractivity contribution in [2.45, 2.75) is 39.2 Å². The minimum Gasteiger partial charge on any atom is -0.484 e. The van der Waals surface area contributed by atoms with Crippen LogP contribution in [0.15, 0.2) is 24.3 Å². The molecule has 1 amide bonds. The number of benzene rings is 1. The molecule has 0 aliphatic heterocycles. The van der Waals surface area contributed by atoms with E-state index in [0.29, 0.717) is 12.3 Å². The molecular formula is C16H27ClN2O2. The van der Waals surface area contributed by atoms with Crippen molar-refractivity contribution in [2.75, 3.05) is 20.2 Å². The van der Waals surface area contributed by atoms with Gasteiger partial charge in [0.15, 0.2) is 6.61 Å². The van der Waals surface area contributed by atoms with Crippen LogP contribution in [0.25, 0.3) is 0 Å². The van der Waals surface area contributed by atoms with Gasteiger partial charge in [-0.2, -0.15) is 0 Å². The van der Waals surface area contributed by atoms with Gasteiger partial charge in [-0.1, -0.05) is 32.9 Å². The normalized spacial score (nSPS) is 12.3. The molecule has 4 nitrogen and oxygen atoms in total. The van der Waals surface area contributed by atoms with E-state index in [-0.39, 0.29) is 36.4 Å². The number of likely N-dealkylation sites (N-methyl/N-ethyl adjacent to an activating group) is 1. The number of ether oxygens (including phenoxy) is 1. The molecule has 0 aliphatic rings. The second-order valence-corrected chi connectivity index (χ2v) is 6.15. The molecule has 0 aliphatic carbocycles. The molecule has 1 rings (SSSR count). The van der Waals surface area contributed by atoms with Crippen LogP contribution in [0.4, 0.5) is 0 Å². The zero-order valence-corrected chi connectivity index (χ0v) is 14.4. The first-order valence-electron chi connectivity index (χ1n) is 6.94. The maximum atomic E-state index is 11.9. The van der Waals surface area contributed by atoms with Crippen LogP contribution in [0.2, 0.25) is 0 Å². The van der Waals surface area contributed by atoms with Gasteiger partial charge in [-0.3, -0.25) is 4.79 Å². The predicted octanol–water partition coefficient (Wildman–Crippen LogP) is 2.59. The number of nitrogens with two attached hydrogens (primary N) is 1. The summed E-state index contributed by atoms with van der Waals surface area (Å²) in [6.07, 6.45) is 0. The highest BCUT2D eigenvalue weighted by molar-refractivity contribution is 5.85. The van der Waals surface area contributed by atoms with Crippen molar-refractivity contribution in [1.82, 2.24) is 4.90 Å². The third-order valence-corrected chi connectivity index (χ3v) is 3.48. The lowest BCUT2D eigenvalue weighted by molar-refractivity contribution is -0.133. The summed E-state index contributed by atoms with van der Waals surface area (Å²) in [6, 6.07) is 7.90. The van der Waals surface area contributed by atoms with Crippen LogP contribution in [0.5, 0.6) is 5.75 Å². The number of amides is 1. The third-order valence-electron chi connectivity index (χ3n) is 3.48. The largest absolute Gasteiger partial charge is 0.484 e. The SMILES string of the molecule is CC(CN)N(C)C(=O)COc1ccc(C(C)(C)C)cc1.Cl. The average molecular weight is 315 g/mol. The first-order chi connectivity index (χ1) is 9.25. The topological polar surface area (TPSA) is 55.6 Å². The van der Waals surface area contributed by atoms with E-state index in [1.54, 1.807) is 11.9 Å². The Balaban J connectivity index is 0.00000400. The Morgan fingerprint density at radius 1 is 1.29 bits per heavy atom. The van der Waals surface area contributed by atoms with Gasteiger partial charge in [-0.05, 0) is 30.0 Å². The standard InChI is InChI=1S/C16H26N2O2.ClH/c1-12(10-17)18(5)15(19)11-20-14-8-6-13(7-9-14)16(2,3)4;/h6-9,12H,10-11,17H2,1-5H3;1H. The van der Waals surface area contributed by atoms with Crippen molar-refractivity contribution in [3.8, 4) is 5.75 Å². The van der Waals surface area contributed by atoms with E-state index in [1.165, 1.54) is 5.56 Å². The molecule has 2 N–H and O–H groups in total. The summed E-state index contributed by atoms with van der Waals surface area (Å²) in [5.74, 6) is 0.642. The van der Waals surface area contributed by atoms with Crippen LogP contribution in [0.1, 0.15) is 33.3 Å². The summed E-state index contributed by atoms with van der Waals surface area (Å²) >= 11 is 0.